The van der Waals surface area contributed by atoms with Gasteiger partial charge in [0.1, 0.15) is 11.8 Å². The molecule has 0 radical (unpaired) electrons. The first-order chi connectivity index (χ1) is 11.0. The molecule has 0 unspecified atom stereocenters. The third-order valence-corrected chi connectivity index (χ3v) is 5.74. The van der Waals surface area contributed by atoms with Gasteiger partial charge in [-0.25, -0.2) is 17.6 Å². The van der Waals surface area contributed by atoms with E-state index in [9.17, 15) is 17.6 Å². The summed E-state index contributed by atoms with van der Waals surface area (Å²) < 4.78 is 46.1. The number of ether oxygens (including phenoxy) is 1. The Morgan fingerprint density at radius 1 is 1.29 bits per heavy atom. The zero-order chi connectivity index (χ0) is 18.1. The number of hydrogen-bond acceptors (Lipinski definition) is 4. The number of benzene rings is 1. The molecule has 2 rings (SSSR count). The highest BCUT2D eigenvalue weighted by Crippen LogP contribution is 2.24. The molecule has 1 aromatic rings. The van der Waals surface area contributed by atoms with E-state index in [1.807, 2.05) is 0 Å². The van der Waals surface area contributed by atoms with Gasteiger partial charge in [-0.1, -0.05) is 15.9 Å². The van der Waals surface area contributed by atoms with Gasteiger partial charge in [-0.3, -0.25) is 0 Å². The minimum atomic E-state index is -3.81. The average molecular weight is 423 g/mol. The van der Waals surface area contributed by atoms with Crippen molar-refractivity contribution in [2.45, 2.75) is 43.5 Å². The van der Waals surface area contributed by atoms with Gasteiger partial charge < -0.3 is 10.1 Å². The maximum absolute atomic E-state index is 14.2. The number of sulfonamides is 1. The van der Waals surface area contributed by atoms with Gasteiger partial charge >= 0.3 is 6.09 Å². The molecule has 1 aliphatic heterocycles. The normalized spacial score (nSPS) is 22.4. The lowest BCUT2D eigenvalue weighted by molar-refractivity contribution is 0.0489. The highest BCUT2D eigenvalue weighted by atomic mass is 79.9. The van der Waals surface area contributed by atoms with Crippen LogP contribution in [0.4, 0.5) is 9.18 Å². The second-order valence-electron chi connectivity index (χ2n) is 6.54. The van der Waals surface area contributed by atoms with Crippen LogP contribution in [-0.2, 0) is 14.8 Å². The number of nitrogens with zero attached hydrogens (tertiary/aromatic N) is 1. The minimum absolute atomic E-state index is 0.0795. The monoisotopic (exact) mass is 422 g/mol. The Kier molecular flexibility index (Phi) is 5.56. The smallest absolute Gasteiger partial charge is 0.408 e. The first-order valence-electron chi connectivity index (χ1n) is 7.38. The highest BCUT2D eigenvalue weighted by Gasteiger charge is 2.40. The summed E-state index contributed by atoms with van der Waals surface area (Å²) in [5.41, 5.74) is -0.711. The molecule has 1 aliphatic rings. The number of carbonyl (C=O) groups is 1. The van der Waals surface area contributed by atoms with Crippen molar-refractivity contribution < 1.29 is 22.3 Å². The van der Waals surface area contributed by atoms with Gasteiger partial charge in [0.05, 0.1) is 10.9 Å². The molecular weight excluding hydrogens is 403 g/mol. The number of rotatable bonds is 3. The van der Waals surface area contributed by atoms with Crippen LogP contribution in [-0.4, -0.2) is 49.7 Å². The van der Waals surface area contributed by atoms with Crippen LogP contribution in [0.25, 0.3) is 0 Å². The Hall–Kier alpha value is -1.19. The molecule has 6 nitrogen and oxygen atoms in total. The molecule has 9 heteroatoms. The molecule has 0 spiro atoms. The second kappa shape index (κ2) is 6.97. The molecule has 1 aromatic carbocycles. The van der Waals surface area contributed by atoms with Gasteiger partial charge in [0.25, 0.3) is 0 Å². The van der Waals surface area contributed by atoms with Gasteiger partial charge in [-0.15, -0.1) is 0 Å². The van der Waals surface area contributed by atoms with Crippen molar-refractivity contribution in [2.75, 3.05) is 13.1 Å². The van der Waals surface area contributed by atoms with E-state index in [1.165, 1.54) is 12.1 Å². The standard InChI is InChI=1S/C15H20BrFN2O4S/c1-15(2,3)23-14(20)18-13-9-19(8-12(13)17)24(21,22)11-6-4-10(16)5-7-11/h4-7,12-13H,8-9H2,1-3H3,(H,18,20)/t12-,13-/m1/s1. The van der Waals surface area contributed by atoms with Crippen molar-refractivity contribution >= 4 is 32.0 Å². The van der Waals surface area contributed by atoms with Crippen LogP contribution in [0, 0.1) is 0 Å². The summed E-state index contributed by atoms with van der Waals surface area (Å²) in [6.07, 6.45) is -2.26. The van der Waals surface area contributed by atoms with Crippen LogP contribution in [0.5, 0.6) is 0 Å². The Morgan fingerprint density at radius 2 is 1.88 bits per heavy atom. The molecule has 1 N–H and O–H groups in total. The third kappa shape index (κ3) is 4.67. The Balaban J connectivity index is 2.07. The highest BCUT2D eigenvalue weighted by molar-refractivity contribution is 9.10. The fourth-order valence-corrected chi connectivity index (χ4v) is 4.01. The summed E-state index contributed by atoms with van der Waals surface area (Å²) in [5.74, 6) is 0. The fraction of sp³-hybridized carbons (Fsp3) is 0.533. The summed E-state index contributed by atoms with van der Waals surface area (Å²) in [6, 6.07) is 5.16. The SMILES string of the molecule is CC(C)(C)OC(=O)N[C@@H]1CN(S(=O)(=O)c2ccc(Br)cc2)C[C@H]1F. The Bertz CT molecular complexity index is 703. The number of alkyl carbamates (subject to hydrolysis) is 1. The zero-order valence-corrected chi connectivity index (χ0v) is 16.0. The van der Waals surface area contributed by atoms with E-state index in [4.69, 9.17) is 4.74 Å². The van der Waals surface area contributed by atoms with Crippen LogP contribution in [0.3, 0.4) is 0 Å². The molecule has 0 bridgehead atoms. The quantitative estimate of drug-likeness (QED) is 0.812. The van der Waals surface area contributed by atoms with Gasteiger partial charge in [0, 0.05) is 17.6 Å². The van der Waals surface area contributed by atoms with E-state index in [0.717, 1.165) is 8.78 Å². The summed E-state index contributed by atoms with van der Waals surface area (Å²) in [7, 11) is -3.81. The third-order valence-electron chi connectivity index (χ3n) is 3.37. The lowest BCUT2D eigenvalue weighted by Crippen LogP contribution is -2.44. The zero-order valence-electron chi connectivity index (χ0n) is 13.6. The first kappa shape index (κ1) is 19.1. The second-order valence-corrected chi connectivity index (χ2v) is 9.40. The average Bonchev–Trinajstić information content (AvgIpc) is 2.79. The summed E-state index contributed by atoms with van der Waals surface area (Å²) in [4.78, 5) is 11.8. The van der Waals surface area contributed by atoms with Crippen LogP contribution in [0.1, 0.15) is 20.8 Å². The fourth-order valence-electron chi connectivity index (χ4n) is 2.28. The summed E-state index contributed by atoms with van der Waals surface area (Å²) in [5, 5.41) is 2.40. The van der Waals surface area contributed by atoms with E-state index >= 15 is 0 Å². The molecule has 1 heterocycles. The molecule has 1 saturated heterocycles. The lowest BCUT2D eigenvalue weighted by Gasteiger charge is -2.22. The van der Waals surface area contributed by atoms with E-state index in [1.54, 1.807) is 32.9 Å². The maximum Gasteiger partial charge on any atom is 0.408 e. The Labute approximate surface area is 149 Å². The van der Waals surface area contributed by atoms with Gasteiger partial charge in [0.15, 0.2) is 0 Å². The molecule has 24 heavy (non-hydrogen) atoms. The summed E-state index contributed by atoms with van der Waals surface area (Å²) in [6.45, 7) is 4.63. The van der Waals surface area contributed by atoms with E-state index in [-0.39, 0.29) is 18.0 Å². The Morgan fingerprint density at radius 3 is 2.42 bits per heavy atom. The molecule has 0 aliphatic carbocycles. The van der Waals surface area contributed by atoms with Crippen molar-refractivity contribution in [3.63, 3.8) is 0 Å². The van der Waals surface area contributed by atoms with Crippen molar-refractivity contribution in [3.05, 3.63) is 28.7 Å². The van der Waals surface area contributed by atoms with E-state index < -0.39 is 33.9 Å². The number of amides is 1. The number of hydrogen-bond donors (Lipinski definition) is 1. The molecule has 1 amide bonds. The minimum Gasteiger partial charge on any atom is -0.444 e. The van der Waals surface area contributed by atoms with Crippen molar-refractivity contribution in [1.29, 1.82) is 0 Å². The number of alkyl halides is 1. The van der Waals surface area contributed by atoms with Crippen LogP contribution in [0.15, 0.2) is 33.6 Å². The van der Waals surface area contributed by atoms with Crippen LogP contribution in [0.2, 0.25) is 0 Å². The van der Waals surface area contributed by atoms with Crippen molar-refractivity contribution in [2.24, 2.45) is 0 Å². The summed E-state index contributed by atoms with van der Waals surface area (Å²) >= 11 is 3.24. The molecular formula is C15H20BrFN2O4S. The topological polar surface area (TPSA) is 75.7 Å². The number of carbonyl (C=O) groups excluding carboxylic acids is 1. The predicted octanol–water partition coefficient (Wildman–Crippen LogP) is 2.68. The van der Waals surface area contributed by atoms with Gasteiger partial charge in [-0.2, -0.15) is 4.31 Å². The van der Waals surface area contributed by atoms with E-state index in [2.05, 4.69) is 21.2 Å². The molecule has 134 valence electrons. The van der Waals surface area contributed by atoms with E-state index in [0.29, 0.717) is 0 Å². The number of halogens is 2. The molecule has 2 atom stereocenters. The molecule has 1 fully saturated rings. The maximum atomic E-state index is 14.2. The largest absolute Gasteiger partial charge is 0.444 e. The van der Waals surface area contributed by atoms with Crippen LogP contribution >= 0.6 is 15.9 Å². The molecule has 0 aromatic heterocycles. The van der Waals surface area contributed by atoms with Crippen LogP contribution < -0.4 is 5.32 Å². The van der Waals surface area contributed by atoms with Crippen molar-refractivity contribution in [3.8, 4) is 0 Å². The first-order valence-corrected chi connectivity index (χ1v) is 9.61. The molecule has 0 saturated carbocycles. The van der Waals surface area contributed by atoms with Crippen molar-refractivity contribution in [1.82, 2.24) is 9.62 Å². The lowest BCUT2D eigenvalue weighted by atomic mass is 10.2. The predicted molar refractivity (Wildman–Crippen MR) is 91.0 cm³/mol. The van der Waals surface area contributed by atoms with Gasteiger partial charge in [-0.05, 0) is 45.0 Å². The number of nitrogens with one attached hydrogen (secondary N) is 1. The van der Waals surface area contributed by atoms with Gasteiger partial charge in [0.2, 0.25) is 10.0 Å².